The van der Waals surface area contributed by atoms with Crippen LogP contribution < -0.4 is 5.32 Å². The van der Waals surface area contributed by atoms with Crippen molar-refractivity contribution in [2.24, 2.45) is 0 Å². The van der Waals surface area contributed by atoms with Gasteiger partial charge in [-0.3, -0.25) is 9.59 Å². The lowest BCUT2D eigenvalue weighted by Gasteiger charge is -2.32. The standard InChI is InChI=1S/C28H29ClF2N2O2/c1-2-3-16-32-28(35)26(17-20-10-5-4-6-11-20)33(19-21-12-7-8-14-24(21)30)27(34)18-22-23(29)13-9-15-25(22)31/h4-15,26H,2-3,16-19H2,1H3,(H,32,35)/t26-/m1/s1. The molecule has 3 rings (SSSR count). The number of hydrogen-bond donors (Lipinski definition) is 1. The lowest BCUT2D eigenvalue weighted by atomic mass is 10.0. The number of hydrogen-bond acceptors (Lipinski definition) is 2. The molecule has 0 bridgehead atoms. The predicted molar refractivity (Wildman–Crippen MR) is 134 cm³/mol. The van der Waals surface area contributed by atoms with E-state index in [-0.39, 0.29) is 41.4 Å². The zero-order valence-electron chi connectivity index (χ0n) is 19.6. The van der Waals surface area contributed by atoms with Crippen LogP contribution in [0.15, 0.2) is 72.8 Å². The number of unbranched alkanes of at least 4 members (excludes halogenated alkanes) is 1. The molecule has 0 spiro atoms. The van der Waals surface area contributed by atoms with Gasteiger partial charge < -0.3 is 10.2 Å². The van der Waals surface area contributed by atoms with Crippen molar-refractivity contribution < 1.29 is 18.4 Å². The molecule has 7 heteroatoms. The van der Waals surface area contributed by atoms with Crippen molar-refractivity contribution in [3.63, 3.8) is 0 Å². The summed E-state index contributed by atoms with van der Waals surface area (Å²) in [7, 11) is 0. The molecule has 0 aliphatic rings. The highest BCUT2D eigenvalue weighted by molar-refractivity contribution is 6.31. The number of nitrogens with zero attached hydrogens (tertiary/aromatic N) is 1. The number of benzene rings is 3. The Balaban J connectivity index is 1.99. The molecule has 184 valence electrons. The number of nitrogens with one attached hydrogen (secondary N) is 1. The SMILES string of the molecule is CCCCNC(=O)[C@@H](Cc1ccccc1)N(Cc1ccccc1F)C(=O)Cc1c(F)cccc1Cl. The summed E-state index contributed by atoms with van der Waals surface area (Å²) < 4.78 is 29.1. The van der Waals surface area contributed by atoms with Crippen LogP contribution >= 0.6 is 11.6 Å². The second-order valence-electron chi connectivity index (χ2n) is 8.34. The fraction of sp³-hybridized carbons (Fsp3) is 0.286. The molecule has 3 aromatic rings. The Kier molecular flexibility index (Phi) is 9.79. The van der Waals surface area contributed by atoms with Crippen molar-refractivity contribution in [2.75, 3.05) is 6.54 Å². The van der Waals surface area contributed by atoms with Crippen molar-refractivity contribution in [3.05, 3.63) is 106 Å². The Hall–Kier alpha value is -3.25. The Morgan fingerprint density at radius 2 is 1.63 bits per heavy atom. The van der Waals surface area contributed by atoms with Gasteiger partial charge in [0.2, 0.25) is 11.8 Å². The van der Waals surface area contributed by atoms with Gasteiger partial charge in [-0.1, -0.05) is 79.5 Å². The van der Waals surface area contributed by atoms with Crippen LogP contribution in [0.3, 0.4) is 0 Å². The predicted octanol–water partition coefficient (Wildman–Crippen LogP) is 5.72. The summed E-state index contributed by atoms with van der Waals surface area (Å²) in [4.78, 5) is 28.3. The number of carbonyl (C=O) groups excluding carboxylic acids is 2. The Morgan fingerprint density at radius 3 is 2.31 bits per heavy atom. The van der Waals surface area contributed by atoms with Crippen LogP contribution in [0.4, 0.5) is 8.78 Å². The largest absolute Gasteiger partial charge is 0.354 e. The van der Waals surface area contributed by atoms with Crippen LogP contribution in [0.1, 0.15) is 36.5 Å². The van der Waals surface area contributed by atoms with Crippen molar-refractivity contribution in [1.29, 1.82) is 0 Å². The first-order valence-corrected chi connectivity index (χ1v) is 12.1. The van der Waals surface area contributed by atoms with Gasteiger partial charge in [-0.05, 0) is 30.2 Å². The Bertz CT molecular complexity index is 1120. The first kappa shape index (κ1) is 26.4. The van der Waals surface area contributed by atoms with Crippen LogP contribution in [0, 0.1) is 11.6 Å². The zero-order chi connectivity index (χ0) is 25.2. The normalized spacial score (nSPS) is 11.7. The minimum Gasteiger partial charge on any atom is -0.354 e. The van der Waals surface area contributed by atoms with E-state index in [1.54, 1.807) is 18.2 Å². The van der Waals surface area contributed by atoms with Gasteiger partial charge in [-0.15, -0.1) is 0 Å². The molecule has 4 nitrogen and oxygen atoms in total. The number of carbonyl (C=O) groups is 2. The maximum atomic E-state index is 14.6. The molecule has 35 heavy (non-hydrogen) atoms. The molecule has 0 aromatic heterocycles. The van der Waals surface area contributed by atoms with E-state index in [9.17, 15) is 18.4 Å². The van der Waals surface area contributed by atoms with Gasteiger partial charge in [0, 0.05) is 35.7 Å². The van der Waals surface area contributed by atoms with E-state index in [0.29, 0.717) is 6.54 Å². The summed E-state index contributed by atoms with van der Waals surface area (Å²) in [5, 5.41) is 3.02. The van der Waals surface area contributed by atoms with Crippen molar-refractivity contribution in [1.82, 2.24) is 10.2 Å². The molecule has 1 atom stereocenters. The monoisotopic (exact) mass is 498 g/mol. The van der Waals surface area contributed by atoms with Gasteiger partial charge in [-0.25, -0.2) is 8.78 Å². The summed E-state index contributed by atoms with van der Waals surface area (Å²) in [6, 6.07) is 18.7. The molecule has 2 amide bonds. The highest BCUT2D eigenvalue weighted by atomic mass is 35.5. The van der Waals surface area contributed by atoms with Gasteiger partial charge in [0.15, 0.2) is 0 Å². The molecule has 0 fully saturated rings. The molecule has 0 unspecified atom stereocenters. The Labute approximate surface area is 209 Å². The lowest BCUT2D eigenvalue weighted by Crippen LogP contribution is -2.51. The average molecular weight is 499 g/mol. The van der Waals surface area contributed by atoms with Gasteiger partial charge in [0.25, 0.3) is 0 Å². The van der Waals surface area contributed by atoms with Crippen LogP contribution in [0.25, 0.3) is 0 Å². The second kappa shape index (κ2) is 13.0. The van der Waals surface area contributed by atoms with Crippen LogP contribution in [0.5, 0.6) is 0 Å². The molecule has 1 N–H and O–H groups in total. The van der Waals surface area contributed by atoms with Crippen LogP contribution in [-0.4, -0.2) is 29.3 Å². The highest BCUT2D eigenvalue weighted by Crippen LogP contribution is 2.23. The molecule has 0 aliphatic heterocycles. The quantitative estimate of drug-likeness (QED) is 0.344. The molecular weight excluding hydrogens is 470 g/mol. The van der Waals surface area contributed by atoms with E-state index >= 15 is 0 Å². The van der Waals surface area contributed by atoms with E-state index in [1.165, 1.54) is 29.2 Å². The second-order valence-corrected chi connectivity index (χ2v) is 8.75. The van der Waals surface area contributed by atoms with E-state index in [4.69, 9.17) is 11.6 Å². The van der Waals surface area contributed by atoms with E-state index in [0.717, 1.165) is 18.4 Å². The molecule has 0 saturated heterocycles. The minimum atomic E-state index is -0.924. The van der Waals surface area contributed by atoms with Crippen molar-refractivity contribution in [3.8, 4) is 0 Å². The van der Waals surface area contributed by atoms with Crippen molar-refractivity contribution in [2.45, 2.75) is 45.2 Å². The summed E-state index contributed by atoms with van der Waals surface area (Å²) in [5.74, 6) is -1.96. The highest BCUT2D eigenvalue weighted by Gasteiger charge is 2.31. The molecule has 0 aliphatic carbocycles. The molecule has 3 aromatic carbocycles. The topological polar surface area (TPSA) is 49.4 Å². The summed E-state index contributed by atoms with van der Waals surface area (Å²) in [6.07, 6.45) is 1.56. The number of halogens is 3. The van der Waals surface area contributed by atoms with E-state index in [2.05, 4.69) is 5.32 Å². The molecule has 0 heterocycles. The number of amides is 2. The third-order valence-electron chi connectivity index (χ3n) is 5.79. The van der Waals surface area contributed by atoms with Gasteiger partial charge in [0.05, 0.1) is 6.42 Å². The van der Waals surface area contributed by atoms with E-state index in [1.807, 2.05) is 37.3 Å². The Morgan fingerprint density at radius 1 is 0.943 bits per heavy atom. The minimum absolute atomic E-state index is 0.0440. The fourth-order valence-corrected chi connectivity index (χ4v) is 4.05. The molecule has 0 saturated carbocycles. The average Bonchev–Trinajstić information content (AvgIpc) is 2.85. The number of rotatable bonds is 11. The van der Waals surface area contributed by atoms with Crippen molar-refractivity contribution >= 4 is 23.4 Å². The summed E-state index contributed by atoms with van der Waals surface area (Å²) in [5.41, 5.74) is 1.15. The van der Waals surface area contributed by atoms with Gasteiger partial charge >= 0.3 is 0 Å². The van der Waals surface area contributed by atoms with Crippen LogP contribution in [-0.2, 0) is 29.0 Å². The molecule has 0 radical (unpaired) electrons. The lowest BCUT2D eigenvalue weighted by molar-refractivity contribution is -0.140. The zero-order valence-corrected chi connectivity index (χ0v) is 20.4. The smallest absolute Gasteiger partial charge is 0.243 e. The van der Waals surface area contributed by atoms with E-state index < -0.39 is 23.6 Å². The van der Waals surface area contributed by atoms with Crippen LogP contribution in [0.2, 0.25) is 5.02 Å². The fourth-order valence-electron chi connectivity index (χ4n) is 3.82. The molecular formula is C28H29ClF2N2O2. The summed E-state index contributed by atoms with van der Waals surface area (Å²) >= 11 is 6.17. The third-order valence-corrected chi connectivity index (χ3v) is 6.14. The summed E-state index contributed by atoms with van der Waals surface area (Å²) in [6.45, 7) is 2.33. The first-order chi connectivity index (χ1) is 16.9. The maximum Gasteiger partial charge on any atom is 0.243 e. The maximum absolute atomic E-state index is 14.6. The third kappa shape index (κ3) is 7.36. The van der Waals surface area contributed by atoms with Gasteiger partial charge in [-0.2, -0.15) is 0 Å². The first-order valence-electron chi connectivity index (χ1n) is 11.7. The van der Waals surface area contributed by atoms with Gasteiger partial charge in [0.1, 0.15) is 17.7 Å².